The topological polar surface area (TPSA) is 20.3 Å². The molecule has 1 amide bonds. The van der Waals surface area contributed by atoms with Gasteiger partial charge in [-0.1, -0.05) is 78.1 Å². The minimum absolute atomic E-state index is 0.0907. The second-order valence-electron chi connectivity index (χ2n) is 6.49. The number of carbonyl (C=O) groups is 1. The van der Waals surface area contributed by atoms with E-state index in [4.69, 9.17) is 0 Å². The van der Waals surface area contributed by atoms with Crippen molar-refractivity contribution in [2.45, 2.75) is 22.6 Å². The standard InChI is InChI=1S/C24H21NOS2/c26-23(19-11-4-1-5-12-19)25-18-10-17-22(25)24(27-20-13-6-2-7-14-20)28-21-15-8-3-9-16-21/h1-9,11-16H,10,17-18H2. The van der Waals surface area contributed by atoms with Gasteiger partial charge in [0.05, 0.1) is 4.24 Å². The number of hydrogen-bond acceptors (Lipinski definition) is 3. The molecule has 140 valence electrons. The van der Waals surface area contributed by atoms with Crippen LogP contribution in [-0.2, 0) is 0 Å². The Balaban J connectivity index is 1.69. The molecule has 3 aromatic rings. The summed E-state index contributed by atoms with van der Waals surface area (Å²) in [7, 11) is 0. The van der Waals surface area contributed by atoms with E-state index in [2.05, 4.69) is 48.5 Å². The van der Waals surface area contributed by atoms with Crippen LogP contribution in [0.2, 0.25) is 0 Å². The molecule has 0 aromatic heterocycles. The molecular weight excluding hydrogens is 382 g/mol. The van der Waals surface area contributed by atoms with Crippen LogP contribution >= 0.6 is 23.5 Å². The van der Waals surface area contributed by atoms with Gasteiger partial charge in [-0.05, 0) is 49.2 Å². The van der Waals surface area contributed by atoms with E-state index in [0.29, 0.717) is 0 Å². The molecule has 1 heterocycles. The minimum atomic E-state index is 0.0907. The average Bonchev–Trinajstić information content (AvgIpc) is 3.25. The maximum Gasteiger partial charge on any atom is 0.258 e. The van der Waals surface area contributed by atoms with Gasteiger partial charge in [0.1, 0.15) is 0 Å². The lowest BCUT2D eigenvalue weighted by atomic mass is 10.2. The second kappa shape index (κ2) is 9.18. The van der Waals surface area contributed by atoms with Crippen LogP contribution in [0.4, 0.5) is 0 Å². The van der Waals surface area contributed by atoms with Crippen molar-refractivity contribution in [1.82, 2.24) is 4.90 Å². The van der Waals surface area contributed by atoms with Crippen molar-refractivity contribution in [3.63, 3.8) is 0 Å². The molecule has 0 radical (unpaired) electrons. The zero-order chi connectivity index (χ0) is 19.2. The lowest BCUT2D eigenvalue weighted by Crippen LogP contribution is -2.26. The van der Waals surface area contributed by atoms with E-state index in [1.807, 2.05) is 47.4 Å². The summed E-state index contributed by atoms with van der Waals surface area (Å²) in [6.07, 6.45) is 1.93. The number of benzene rings is 3. The molecule has 1 aliphatic heterocycles. The van der Waals surface area contributed by atoms with E-state index in [1.165, 1.54) is 14.0 Å². The minimum Gasteiger partial charge on any atom is -0.310 e. The lowest BCUT2D eigenvalue weighted by Gasteiger charge is -2.21. The van der Waals surface area contributed by atoms with Gasteiger partial charge in [0.25, 0.3) is 5.91 Å². The molecule has 1 saturated heterocycles. The highest BCUT2D eigenvalue weighted by Gasteiger charge is 2.28. The molecule has 0 atom stereocenters. The van der Waals surface area contributed by atoms with E-state index >= 15 is 0 Å². The fraction of sp³-hybridized carbons (Fsp3) is 0.125. The Bertz CT molecular complexity index is 912. The summed E-state index contributed by atoms with van der Waals surface area (Å²) in [5.74, 6) is 0.0907. The van der Waals surface area contributed by atoms with Crippen molar-refractivity contribution < 1.29 is 4.79 Å². The number of allylic oxidation sites excluding steroid dienone is 1. The molecule has 2 nitrogen and oxygen atoms in total. The van der Waals surface area contributed by atoms with E-state index in [-0.39, 0.29) is 5.91 Å². The zero-order valence-electron chi connectivity index (χ0n) is 15.5. The molecule has 0 N–H and O–H groups in total. The third kappa shape index (κ3) is 4.51. The van der Waals surface area contributed by atoms with Crippen LogP contribution in [-0.4, -0.2) is 17.4 Å². The van der Waals surface area contributed by atoms with Crippen molar-refractivity contribution in [2.75, 3.05) is 6.54 Å². The van der Waals surface area contributed by atoms with Gasteiger partial charge in [0.15, 0.2) is 0 Å². The Morgan fingerprint density at radius 1 is 0.714 bits per heavy atom. The molecule has 0 saturated carbocycles. The van der Waals surface area contributed by atoms with Gasteiger partial charge in [0.2, 0.25) is 0 Å². The third-order valence-electron chi connectivity index (χ3n) is 4.53. The van der Waals surface area contributed by atoms with Gasteiger partial charge in [-0.3, -0.25) is 4.79 Å². The number of likely N-dealkylation sites (tertiary alicyclic amines) is 1. The number of thioether (sulfide) groups is 2. The van der Waals surface area contributed by atoms with Crippen LogP contribution in [0.5, 0.6) is 0 Å². The first kappa shape index (κ1) is 18.9. The molecule has 4 rings (SSSR count). The number of amides is 1. The van der Waals surface area contributed by atoms with Gasteiger partial charge in [0, 0.05) is 27.6 Å². The van der Waals surface area contributed by atoms with Gasteiger partial charge >= 0.3 is 0 Å². The zero-order valence-corrected chi connectivity index (χ0v) is 17.1. The molecule has 0 bridgehead atoms. The predicted molar refractivity (Wildman–Crippen MR) is 118 cm³/mol. The van der Waals surface area contributed by atoms with Crippen molar-refractivity contribution in [2.24, 2.45) is 0 Å². The number of nitrogens with zero attached hydrogens (tertiary/aromatic N) is 1. The predicted octanol–water partition coefficient (Wildman–Crippen LogP) is 6.68. The molecule has 1 fully saturated rings. The van der Waals surface area contributed by atoms with Gasteiger partial charge in [-0.2, -0.15) is 0 Å². The van der Waals surface area contributed by atoms with Crippen LogP contribution < -0.4 is 0 Å². The quantitative estimate of drug-likeness (QED) is 0.443. The molecule has 3 aromatic carbocycles. The van der Waals surface area contributed by atoms with Crippen molar-refractivity contribution in [3.05, 3.63) is 106 Å². The monoisotopic (exact) mass is 403 g/mol. The number of hydrogen-bond donors (Lipinski definition) is 0. The lowest BCUT2D eigenvalue weighted by molar-refractivity contribution is 0.0825. The summed E-state index contributed by atoms with van der Waals surface area (Å²) in [6.45, 7) is 0.775. The van der Waals surface area contributed by atoms with Gasteiger partial charge in [-0.25, -0.2) is 0 Å². The summed E-state index contributed by atoms with van der Waals surface area (Å²) >= 11 is 3.49. The highest BCUT2D eigenvalue weighted by atomic mass is 32.2. The largest absolute Gasteiger partial charge is 0.310 e. The SMILES string of the molecule is O=C(c1ccccc1)N1CCCC1=C(Sc1ccccc1)Sc1ccccc1. The maximum absolute atomic E-state index is 13.1. The maximum atomic E-state index is 13.1. The van der Waals surface area contributed by atoms with Crippen molar-refractivity contribution in [1.29, 1.82) is 0 Å². The highest BCUT2D eigenvalue weighted by Crippen LogP contribution is 2.44. The summed E-state index contributed by atoms with van der Waals surface area (Å²) in [5.41, 5.74) is 1.88. The average molecular weight is 404 g/mol. The normalized spacial score (nSPS) is 13.6. The van der Waals surface area contributed by atoms with Gasteiger partial charge in [-0.15, -0.1) is 0 Å². The second-order valence-corrected chi connectivity index (χ2v) is 8.92. The molecular formula is C24H21NOS2. The molecule has 1 aliphatic rings. The highest BCUT2D eigenvalue weighted by molar-refractivity contribution is 8.22. The van der Waals surface area contributed by atoms with Crippen LogP contribution in [0, 0.1) is 0 Å². The first-order valence-electron chi connectivity index (χ1n) is 9.37. The van der Waals surface area contributed by atoms with Crippen molar-refractivity contribution >= 4 is 29.4 Å². The van der Waals surface area contributed by atoms with Gasteiger partial charge < -0.3 is 4.90 Å². The number of rotatable bonds is 5. The first-order chi connectivity index (χ1) is 13.8. The summed E-state index contributed by atoms with van der Waals surface area (Å²) in [6, 6.07) is 30.3. The van der Waals surface area contributed by atoms with Crippen LogP contribution in [0.3, 0.4) is 0 Å². The number of carbonyl (C=O) groups excluding carboxylic acids is 1. The smallest absolute Gasteiger partial charge is 0.258 e. The molecule has 0 aliphatic carbocycles. The fourth-order valence-electron chi connectivity index (χ4n) is 3.18. The van der Waals surface area contributed by atoms with Crippen LogP contribution in [0.25, 0.3) is 0 Å². The Labute approximate surface area is 174 Å². The first-order valence-corrected chi connectivity index (χ1v) is 11.0. The molecule has 28 heavy (non-hydrogen) atoms. The Morgan fingerprint density at radius 2 is 1.21 bits per heavy atom. The van der Waals surface area contributed by atoms with Crippen LogP contribution in [0.1, 0.15) is 23.2 Å². The Kier molecular flexibility index (Phi) is 6.20. The van der Waals surface area contributed by atoms with Crippen LogP contribution in [0.15, 0.2) is 111 Å². The van der Waals surface area contributed by atoms with E-state index in [0.717, 1.165) is 30.6 Å². The molecule has 4 heteroatoms. The fourth-order valence-corrected chi connectivity index (χ4v) is 5.60. The van der Waals surface area contributed by atoms with E-state index in [1.54, 1.807) is 23.5 Å². The Hall–Kier alpha value is -2.43. The Morgan fingerprint density at radius 3 is 1.75 bits per heavy atom. The summed E-state index contributed by atoms with van der Waals surface area (Å²) in [5, 5.41) is 0. The van der Waals surface area contributed by atoms with E-state index in [9.17, 15) is 4.79 Å². The molecule has 0 unspecified atom stereocenters. The van der Waals surface area contributed by atoms with E-state index < -0.39 is 0 Å². The third-order valence-corrected chi connectivity index (χ3v) is 6.89. The summed E-state index contributed by atoms with van der Waals surface area (Å²) in [4.78, 5) is 17.5. The summed E-state index contributed by atoms with van der Waals surface area (Å²) < 4.78 is 1.18. The molecule has 0 spiro atoms. The van der Waals surface area contributed by atoms with Crippen molar-refractivity contribution in [3.8, 4) is 0 Å².